The largest absolute Gasteiger partial charge is 0.427 e. The van der Waals surface area contributed by atoms with Gasteiger partial charge in [0.25, 0.3) is 0 Å². The second-order valence-electron chi connectivity index (χ2n) is 13.0. The zero-order valence-corrected chi connectivity index (χ0v) is 30.1. The number of unbranched alkanes of at least 4 members (excludes halogenated alkanes) is 2. The number of hydrogen-bond acceptors (Lipinski definition) is 9. The Morgan fingerprint density at radius 3 is 1.44 bits per heavy atom. The zero-order chi connectivity index (χ0) is 36.5. The van der Waals surface area contributed by atoms with Crippen molar-refractivity contribution in [3.63, 3.8) is 0 Å². The van der Waals surface area contributed by atoms with Gasteiger partial charge in [-0.2, -0.15) is 0 Å². The summed E-state index contributed by atoms with van der Waals surface area (Å²) in [6.45, 7) is 3.80. The van der Waals surface area contributed by atoms with Gasteiger partial charge in [0.15, 0.2) is 0 Å². The lowest BCUT2D eigenvalue weighted by Gasteiger charge is -2.25. The van der Waals surface area contributed by atoms with Crippen molar-refractivity contribution in [2.45, 2.75) is 64.9 Å². The summed E-state index contributed by atoms with van der Waals surface area (Å²) in [4.78, 5) is 37.9. The Labute approximate surface area is 306 Å². The van der Waals surface area contributed by atoms with E-state index in [2.05, 4.69) is 6.92 Å². The van der Waals surface area contributed by atoms with Crippen molar-refractivity contribution >= 4 is 17.9 Å². The molecule has 9 heteroatoms. The van der Waals surface area contributed by atoms with Crippen molar-refractivity contribution in [2.75, 3.05) is 27.1 Å². The summed E-state index contributed by atoms with van der Waals surface area (Å²) in [6, 6.07) is 30.3. The fraction of sp³-hybridized carbons (Fsp3) is 0.372. The number of carbonyl (C=O) groups excluding carboxylic acids is 3. The Bertz CT molecular complexity index is 1690. The van der Waals surface area contributed by atoms with E-state index in [1.807, 2.05) is 60.7 Å². The molecule has 0 radical (unpaired) electrons. The molecule has 274 valence electrons. The van der Waals surface area contributed by atoms with Gasteiger partial charge in [-0.3, -0.25) is 14.4 Å². The van der Waals surface area contributed by atoms with Crippen LogP contribution in [0.25, 0.3) is 22.3 Å². The number of benzene rings is 4. The minimum Gasteiger partial charge on any atom is -0.427 e. The first-order valence-corrected chi connectivity index (χ1v) is 18.1. The minimum absolute atomic E-state index is 0.217. The quantitative estimate of drug-likeness (QED) is 0.0433. The van der Waals surface area contributed by atoms with Crippen LogP contribution in [0.4, 0.5) is 0 Å². The van der Waals surface area contributed by atoms with Crippen LogP contribution >= 0.6 is 0 Å². The molecule has 0 heterocycles. The first-order valence-electron chi connectivity index (χ1n) is 18.1. The molecular formula is C43H48O9. The highest BCUT2D eigenvalue weighted by molar-refractivity contribution is 5.78. The third-order valence-electron chi connectivity index (χ3n) is 9.10. The highest BCUT2D eigenvalue weighted by Gasteiger charge is 2.32. The highest BCUT2D eigenvalue weighted by Crippen LogP contribution is 2.32. The molecule has 1 aliphatic carbocycles. The molecule has 0 unspecified atom stereocenters. The summed E-state index contributed by atoms with van der Waals surface area (Å²) >= 11 is 0. The second kappa shape index (κ2) is 20.3. The Balaban J connectivity index is 1.02. The van der Waals surface area contributed by atoms with Gasteiger partial charge in [-0.1, -0.05) is 80.4 Å². The van der Waals surface area contributed by atoms with E-state index in [9.17, 15) is 14.4 Å². The molecule has 0 aliphatic heterocycles. The average Bonchev–Trinajstić information content (AvgIpc) is 3.17. The molecule has 1 aliphatic rings. The van der Waals surface area contributed by atoms with E-state index in [0.29, 0.717) is 69.2 Å². The maximum absolute atomic E-state index is 13.0. The van der Waals surface area contributed by atoms with Crippen LogP contribution in [0.15, 0.2) is 97.1 Å². The molecule has 0 amide bonds. The Morgan fingerprint density at radius 2 is 1.00 bits per heavy atom. The molecule has 0 bridgehead atoms. The van der Waals surface area contributed by atoms with Crippen molar-refractivity contribution in [1.29, 1.82) is 0 Å². The number of carbonyl (C=O) groups is 3. The molecule has 1 fully saturated rings. The molecule has 0 aromatic heterocycles. The van der Waals surface area contributed by atoms with Gasteiger partial charge >= 0.3 is 17.9 Å². The lowest BCUT2D eigenvalue weighted by molar-refractivity contribution is -0.145. The van der Waals surface area contributed by atoms with Crippen LogP contribution in [0.3, 0.4) is 0 Å². The van der Waals surface area contributed by atoms with Gasteiger partial charge in [-0.25, -0.2) is 0 Å². The monoisotopic (exact) mass is 708 g/mol. The van der Waals surface area contributed by atoms with E-state index in [0.717, 1.165) is 47.1 Å². The first-order chi connectivity index (χ1) is 25.4. The Morgan fingerprint density at radius 1 is 0.558 bits per heavy atom. The van der Waals surface area contributed by atoms with Crippen LogP contribution in [-0.2, 0) is 35.2 Å². The third-order valence-corrected chi connectivity index (χ3v) is 9.10. The van der Waals surface area contributed by atoms with E-state index in [4.69, 9.17) is 28.4 Å². The lowest BCUT2D eigenvalue weighted by atomic mass is 9.82. The van der Waals surface area contributed by atoms with Crippen molar-refractivity contribution in [2.24, 2.45) is 11.8 Å². The first kappa shape index (κ1) is 38.4. The zero-order valence-electron chi connectivity index (χ0n) is 30.1. The minimum atomic E-state index is -0.284. The third kappa shape index (κ3) is 11.9. The fourth-order valence-electron chi connectivity index (χ4n) is 6.02. The Kier molecular flexibility index (Phi) is 15.0. The Hall–Kier alpha value is -4.83. The number of methoxy groups -OCH3 is 1. The van der Waals surface area contributed by atoms with Crippen molar-refractivity contribution < 1.29 is 42.8 Å². The standard InChI is InChI=1S/C43H48O9/c1-3-4-5-6-41(44)50-38-21-15-34(16-22-38)35-19-25-40(26-20-35)52-43(46)37-13-11-36(12-14-37)42(45)51-39-23-17-33(18-24-39)32-9-7-31(8-10-32)29-49-30-48-28-27-47-2/h7-10,15-26,36-37H,3-6,11-14,27-30H2,1-2H3. The van der Waals surface area contributed by atoms with E-state index in [1.165, 1.54) is 0 Å². The molecule has 4 aromatic rings. The average molecular weight is 709 g/mol. The predicted octanol–water partition coefficient (Wildman–Crippen LogP) is 8.96. The molecule has 0 spiro atoms. The van der Waals surface area contributed by atoms with Crippen molar-refractivity contribution in [3.8, 4) is 39.5 Å². The van der Waals surface area contributed by atoms with E-state index >= 15 is 0 Å². The van der Waals surface area contributed by atoms with Crippen molar-refractivity contribution in [3.05, 3.63) is 103 Å². The normalized spacial score (nSPS) is 15.5. The van der Waals surface area contributed by atoms with E-state index < -0.39 is 0 Å². The lowest BCUT2D eigenvalue weighted by Crippen LogP contribution is -2.30. The summed E-state index contributed by atoms with van der Waals surface area (Å²) in [5.74, 6) is 0.179. The smallest absolute Gasteiger partial charge is 0.314 e. The predicted molar refractivity (Wildman–Crippen MR) is 198 cm³/mol. The van der Waals surface area contributed by atoms with Gasteiger partial charge < -0.3 is 28.4 Å². The molecule has 0 N–H and O–H groups in total. The number of ether oxygens (including phenoxy) is 6. The SMILES string of the molecule is CCCCCC(=O)Oc1ccc(-c2ccc(OC(=O)C3CCC(C(=O)Oc4ccc(-c5ccc(COCOCCOC)cc5)cc4)CC3)cc2)cc1. The van der Waals surface area contributed by atoms with Gasteiger partial charge in [0.05, 0.1) is 31.7 Å². The highest BCUT2D eigenvalue weighted by atomic mass is 16.7. The molecule has 5 rings (SSSR count). The molecule has 0 saturated heterocycles. The van der Waals surface area contributed by atoms with E-state index in [-0.39, 0.29) is 36.5 Å². The number of rotatable bonds is 18. The molecule has 9 nitrogen and oxygen atoms in total. The topological polar surface area (TPSA) is 107 Å². The summed E-state index contributed by atoms with van der Waals surface area (Å²) < 4.78 is 32.6. The van der Waals surface area contributed by atoms with Crippen LogP contribution in [0.2, 0.25) is 0 Å². The maximum atomic E-state index is 13.0. The maximum Gasteiger partial charge on any atom is 0.314 e. The molecule has 52 heavy (non-hydrogen) atoms. The van der Waals surface area contributed by atoms with Gasteiger partial charge in [0, 0.05) is 13.5 Å². The molecule has 4 aromatic carbocycles. The van der Waals surface area contributed by atoms with Gasteiger partial charge in [-0.05, 0) is 96.3 Å². The van der Waals surface area contributed by atoms with Crippen LogP contribution in [0.1, 0.15) is 63.9 Å². The van der Waals surface area contributed by atoms with Gasteiger partial charge in [-0.15, -0.1) is 0 Å². The summed E-state index contributed by atoms with van der Waals surface area (Å²) in [7, 11) is 1.63. The van der Waals surface area contributed by atoms with Gasteiger partial charge in [0.2, 0.25) is 0 Å². The van der Waals surface area contributed by atoms with Crippen LogP contribution in [-0.4, -0.2) is 45.0 Å². The summed E-state index contributed by atoms with van der Waals surface area (Å²) in [5.41, 5.74) is 5.00. The summed E-state index contributed by atoms with van der Waals surface area (Å²) in [6.07, 6.45) is 5.57. The number of esters is 3. The summed E-state index contributed by atoms with van der Waals surface area (Å²) in [5, 5.41) is 0. The van der Waals surface area contributed by atoms with Crippen molar-refractivity contribution in [1.82, 2.24) is 0 Å². The molecule has 1 saturated carbocycles. The number of hydrogen-bond donors (Lipinski definition) is 0. The fourth-order valence-corrected chi connectivity index (χ4v) is 6.02. The van der Waals surface area contributed by atoms with Crippen LogP contribution < -0.4 is 14.2 Å². The van der Waals surface area contributed by atoms with Crippen LogP contribution in [0, 0.1) is 11.8 Å². The molecular weight excluding hydrogens is 660 g/mol. The second-order valence-corrected chi connectivity index (χ2v) is 13.0. The van der Waals surface area contributed by atoms with Gasteiger partial charge in [0.1, 0.15) is 24.0 Å². The van der Waals surface area contributed by atoms with Crippen LogP contribution in [0.5, 0.6) is 17.2 Å². The molecule has 0 atom stereocenters. The van der Waals surface area contributed by atoms with E-state index in [1.54, 1.807) is 43.5 Å².